The van der Waals surface area contributed by atoms with Crippen LogP contribution in [0.5, 0.6) is 0 Å². The molecule has 0 spiro atoms. The fraction of sp³-hybridized carbons (Fsp3) is 0.364. The minimum absolute atomic E-state index is 0.0910. The second kappa shape index (κ2) is 3.85. The molecule has 0 radical (unpaired) electrons. The second-order valence-corrected chi connectivity index (χ2v) is 4.89. The van der Waals surface area contributed by atoms with Crippen molar-refractivity contribution < 1.29 is 4.79 Å². The van der Waals surface area contributed by atoms with Crippen molar-refractivity contribution in [2.24, 2.45) is 0 Å². The zero-order valence-electron chi connectivity index (χ0n) is 8.51. The molecule has 1 aromatic carbocycles. The molecular weight excluding hydrogens is 256 g/mol. The van der Waals surface area contributed by atoms with Crippen molar-refractivity contribution in [2.75, 3.05) is 6.54 Å². The molecule has 0 bridgehead atoms. The highest BCUT2D eigenvalue weighted by molar-refractivity contribution is 9.10. The molecule has 1 unspecified atom stereocenters. The Balaban J connectivity index is 2.28. The third kappa shape index (κ3) is 2.15. The Morgan fingerprint density at radius 2 is 2.00 bits per heavy atom. The minimum atomic E-state index is -0.247. The van der Waals surface area contributed by atoms with Gasteiger partial charge in [0.2, 0.25) is 0 Å². The Morgan fingerprint density at radius 1 is 1.33 bits per heavy atom. The van der Waals surface area contributed by atoms with Crippen LogP contribution in [0, 0.1) is 0 Å². The van der Waals surface area contributed by atoms with Gasteiger partial charge in [-0.2, -0.15) is 0 Å². The molecule has 1 aromatic rings. The molecule has 0 saturated carbocycles. The van der Waals surface area contributed by atoms with E-state index >= 15 is 0 Å². The van der Waals surface area contributed by atoms with E-state index in [0.29, 0.717) is 0 Å². The van der Waals surface area contributed by atoms with Crippen LogP contribution in [0.2, 0.25) is 0 Å². The first-order chi connectivity index (χ1) is 7.10. The number of rotatable bonds is 1. The van der Waals surface area contributed by atoms with Crippen LogP contribution in [0.15, 0.2) is 28.7 Å². The van der Waals surface area contributed by atoms with Gasteiger partial charge in [0.05, 0.1) is 5.54 Å². The Morgan fingerprint density at radius 3 is 2.60 bits per heavy atom. The molecule has 1 atom stereocenters. The lowest BCUT2D eigenvalue weighted by Gasteiger charge is -2.35. The first-order valence-electron chi connectivity index (χ1n) is 4.92. The number of nitrogens with one attached hydrogen (secondary N) is 2. The van der Waals surface area contributed by atoms with E-state index in [0.717, 1.165) is 23.0 Å². The summed E-state index contributed by atoms with van der Waals surface area (Å²) in [6, 6.07) is 7.97. The van der Waals surface area contributed by atoms with E-state index in [9.17, 15) is 4.79 Å². The van der Waals surface area contributed by atoms with Gasteiger partial charge in [-0.05, 0) is 31.0 Å². The number of hydrogen-bond donors (Lipinski definition) is 2. The number of urea groups is 1. The van der Waals surface area contributed by atoms with Gasteiger partial charge in [0.25, 0.3) is 0 Å². The van der Waals surface area contributed by atoms with Crippen molar-refractivity contribution in [1.29, 1.82) is 0 Å². The molecule has 0 aliphatic carbocycles. The van der Waals surface area contributed by atoms with Crippen LogP contribution in [-0.2, 0) is 5.54 Å². The minimum Gasteiger partial charge on any atom is -0.338 e. The normalized spacial score (nSPS) is 25.6. The first kappa shape index (κ1) is 10.5. The molecule has 0 aromatic heterocycles. The molecule has 1 aliphatic heterocycles. The van der Waals surface area contributed by atoms with Gasteiger partial charge < -0.3 is 10.6 Å². The van der Waals surface area contributed by atoms with Gasteiger partial charge in [-0.15, -0.1) is 0 Å². The molecule has 1 fully saturated rings. The summed E-state index contributed by atoms with van der Waals surface area (Å²) in [6.07, 6.45) is 0.903. The van der Waals surface area contributed by atoms with Crippen molar-refractivity contribution in [3.05, 3.63) is 34.3 Å². The van der Waals surface area contributed by atoms with Crippen molar-refractivity contribution in [3.63, 3.8) is 0 Å². The highest BCUT2D eigenvalue weighted by Gasteiger charge is 2.31. The topological polar surface area (TPSA) is 41.1 Å². The molecule has 2 amide bonds. The monoisotopic (exact) mass is 268 g/mol. The van der Waals surface area contributed by atoms with Gasteiger partial charge in [-0.3, -0.25) is 0 Å². The van der Waals surface area contributed by atoms with Crippen LogP contribution in [0.25, 0.3) is 0 Å². The highest BCUT2D eigenvalue weighted by atomic mass is 79.9. The number of hydrogen-bond acceptors (Lipinski definition) is 1. The number of carbonyl (C=O) groups excluding carboxylic acids is 1. The maximum absolute atomic E-state index is 11.3. The van der Waals surface area contributed by atoms with Crippen molar-refractivity contribution in [1.82, 2.24) is 10.6 Å². The Bertz CT molecular complexity index is 377. The van der Waals surface area contributed by atoms with E-state index in [4.69, 9.17) is 0 Å². The Labute approximate surface area is 97.4 Å². The second-order valence-electron chi connectivity index (χ2n) is 3.97. The predicted molar refractivity (Wildman–Crippen MR) is 62.6 cm³/mol. The standard InChI is InChI=1S/C11H13BrN2O/c1-11(6-7-13-10(15)14-11)8-2-4-9(12)5-3-8/h2-5H,6-7H2,1H3,(H2,13,14,15). The quantitative estimate of drug-likeness (QED) is 0.807. The van der Waals surface area contributed by atoms with E-state index < -0.39 is 0 Å². The van der Waals surface area contributed by atoms with Crippen molar-refractivity contribution in [3.8, 4) is 0 Å². The molecule has 1 aliphatic rings. The summed E-state index contributed by atoms with van der Waals surface area (Å²) < 4.78 is 1.05. The molecule has 2 N–H and O–H groups in total. The van der Waals surface area contributed by atoms with Crippen LogP contribution < -0.4 is 10.6 Å². The van der Waals surface area contributed by atoms with Crippen LogP contribution >= 0.6 is 15.9 Å². The molecule has 3 nitrogen and oxygen atoms in total. The molecular formula is C11H13BrN2O. The molecule has 2 rings (SSSR count). The summed E-state index contributed by atoms with van der Waals surface area (Å²) in [6.45, 7) is 2.77. The van der Waals surface area contributed by atoms with E-state index in [1.54, 1.807) is 0 Å². The highest BCUT2D eigenvalue weighted by Crippen LogP contribution is 2.27. The average molecular weight is 269 g/mol. The third-order valence-electron chi connectivity index (χ3n) is 2.78. The summed E-state index contributed by atoms with van der Waals surface area (Å²) >= 11 is 3.40. The number of halogens is 1. The lowest BCUT2D eigenvalue weighted by atomic mass is 9.87. The lowest BCUT2D eigenvalue weighted by molar-refractivity contribution is 0.211. The van der Waals surface area contributed by atoms with Gasteiger partial charge in [-0.25, -0.2) is 4.79 Å². The molecule has 4 heteroatoms. The molecule has 1 heterocycles. The van der Waals surface area contributed by atoms with E-state index in [2.05, 4.69) is 33.5 Å². The van der Waals surface area contributed by atoms with Crippen LogP contribution in [0.3, 0.4) is 0 Å². The van der Waals surface area contributed by atoms with Crippen LogP contribution in [-0.4, -0.2) is 12.6 Å². The van der Waals surface area contributed by atoms with Crippen molar-refractivity contribution >= 4 is 22.0 Å². The summed E-state index contributed by atoms with van der Waals surface area (Å²) in [5.74, 6) is 0. The van der Waals surface area contributed by atoms with Gasteiger partial charge in [-0.1, -0.05) is 28.1 Å². The van der Waals surface area contributed by atoms with Crippen molar-refractivity contribution in [2.45, 2.75) is 18.9 Å². The van der Waals surface area contributed by atoms with Crippen LogP contribution in [0.4, 0.5) is 4.79 Å². The summed E-state index contributed by atoms with van der Waals surface area (Å²) in [7, 11) is 0. The van der Waals surface area contributed by atoms with E-state index in [1.807, 2.05) is 24.3 Å². The summed E-state index contributed by atoms with van der Waals surface area (Å²) in [5, 5.41) is 5.72. The maximum atomic E-state index is 11.3. The fourth-order valence-electron chi connectivity index (χ4n) is 1.82. The van der Waals surface area contributed by atoms with E-state index in [1.165, 1.54) is 0 Å². The Hall–Kier alpha value is -1.03. The largest absolute Gasteiger partial charge is 0.338 e. The predicted octanol–water partition coefficient (Wildman–Crippen LogP) is 2.37. The van der Waals surface area contributed by atoms with Gasteiger partial charge >= 0.3 is 6.03 Å². The Kier molecular flexibility index (Phi) is 2.69. The smallest absolute Gasteiger partial charge is 0.315 e. The molecule has 80 valence electrons. The fourth-order valence-corrected chi connectivity index (χ4v) is 2.08. The zero-order valence-corrected chi connectivity index (χ0v) is 10.1. The SMILES string of the molecule is CC1(c2ccc(Br)cc2)CCNC(=O)N1. The third-order valence-corrected chi connectivity index (χ3v) is 3.31. The zero-order chi connectivity index (χ0) is 10.9. The summed E-state index contributed by atoms with van der Waals surface area (Å²) in [4.78, 5) is 11.3. The lowest BCUT2D eigenvalue weighted by Crippen LogP contribution is -2.54. The average Bonchev–Trinajstić information content (AvgIpc) is 2.18. The van der Waals surface area contributed by atoms with Gasteiger partial charge in [0, 0.05) is 11.0 Å². The van der Waals surface area contributed by atoms with Gasteiger partial charge in [0.1, 0.15) is 0 Å². The molecule has 15 heavy (non-hydrogen) atoms. The first-order valence-corrected chi connectivity index (χ1v) is 5.71. The maximum Gasteiger partial charge on any atom is 0.315 e. The number of benzene rings is 1. The summed E-state index contributed by atoms with van der Waals surface area (Å²) in [5.41, 5.74) is 0.892. The van der Waals surface area contributed by atoms with Gasteiger partial charge in [0.15, 0.2) is 0 Å². The number of carbonyl (C=O) groups is 1. The van der Waals surface area contributed by atoms with E-state index in [-0.39, 0.29) is 11.6 Å². The molecule has 1 saturated heterocycles. The number of amides is 2. The van der Waals surface area contributed by atoms with Crippen LogP contribution in [0.1, 0.15) is 18.9 Å².